The predicted octanol–water partition coefficient (Wildman–Crippen LogP) is 2.01. The van der Waals surface area contributed by atoms with E-state index in [0.29, 0.717) is 17.2 Å². The highest BCUT2D eigenvalue weighted by Gasteiger charge is 2.18. The highest BCUT2D eigenvalue weighted by molar-refractivity contribution is 5.67. The number of hydrogen-bond acceptors (Lipinski definition) is 4. The molecule has 2 rings (SSSR count). The number of benzene rings is 1. The molecule has 0 spiro atoms. The molecule has 1 aromatic carbocycles. The monoisotopic (exact) mass is 255 g/mol. The van der Waals surface area contributed by atoms with E-state index in [2.05, 4.69) is 11.2 Å². The van der Waals surface area contributed by atoms with Gasteiger partial charge in [0, 0.05) is 14.1 Å². The van der Waals surface area contributed by atoms with Gasteiger partial charge in [-0.1, -0.05) is 12.1 Å². The van der Waals surface area contributed by atoms with Crippen LogP contribution in [0.4, 0.5) is 11.6 Å². The molecule has 2 N–H and O–H groups in total. The summed E-state index contributed by atoms with van der Waals surface area (Å²) in [5.41, 5.74) is 9.56. The van der Waals surface area contributed by atoms with Crippen molar-refractivity contribution in [2.45, 2.75) is 13.8 Å². The van der Waals surface area contributed by atoms with Gasteiger partial charge in [0.25, 0.3) is 0 Å². The number of nitrogens with zero attached hydrogens (tertiary/aromatic N) is 4. The van der Waals surface area contributed by atoms with Gasteiger partial charge < -0.3 is 10.6 Å². The minimum atomic E-state index is 0.375. The summed E-state index contributed by atoms with van der Waals surface area (Å²) in [6.07, 6.45) is 0. The molecule has 0 saturated heterocycles. The van der Waals surface area contributed by atoms with Gasteiger partial charge in [0.15, 0.2) is 5.82 Å². The van der Waals surface area contributed by atoms with Crippen LogP contribution < -0.4 is 10.6 Å². The van der Waals surface area contributed by atoms with Gasteiger partial charge in [0.2, 0.25) is 0 Å². The zero-order valence-electron chi connectivity index (χ0n) is 11.6. The van der Waals surface area contributed by atoms with E-state index in [1.807, 2.05) is 46.1 Å². The Balaban J connectivity index is 2.70. The van der Waals surface area contributed by atoms with Crippen molar-refractivity contribution in [2.24, 2.45) is 0 Å². The number of anilines is 2. The normalized spacial score (nSPS) is 10.3. The van der Waals surface area contributed by atoms with E-state index in [-0.39, 0.29) is 0 Å². The molecule has 0 aliphatic heterocycles. The molecule has 19 heavy (non-hydrogen) atoms. The van der Waals surface area contributed by atoms with E-state index < -0.39 is 0 Å². The Hall–Kier alpha value is -2.48. The SMILES string of the molecule is Cc1ccc(C)c(-n2nc(N(C)C)c(C#N)c2N)c1. The lowest BCUT2D eigenvalue weighted by molar-refractivity contribution is 0.867. The number of aromatic nitrogens is 2. The van der Waals surface area contributed by atoms with E-state index in [4.69, 9.17) is 5.73 Å². The van der Waals surface area contributed by atoms with Gasteiger partial charge in [0.05, 0.1) is 5.69 Å². The summed E-state index contributed by atoms with van der Waals surface area (Å²) < 4.78 is 1.64. The Morgan fingerprint density at radius 2 is 2.00 bits per heavy atom. The molecule has 5 heteroatoms. The molecule has 0 aliphatic carbocycles. The number of nitrogen functional groups attached to an aromatic ring is 1. The molecule has 0 aliphatic rings. The second kappa shape index (κ2) is 4.65. The summed E-state index contributed by atoms with van der Waals surface area (Å²) in [7, 11) is 3.69. The number of rotatable bonds is 2. The average molecular weight is 255 g/mol. The fourth-order valence-corrected chi connectivity index (χ4v) is 1.97. The smallest absolute Gasteiger partial charge is 0.170 e. The van der Waals surface area contributed by atoms with Crippen molar-refractivity contribution in [3.63, 3.8) is 0 Å². The molecule has 5 nitrogen and oxygen atoms in total. The summed E-state index contributed by atoms with van der Waals surface area (Å²) in [5.74, 6) is 0.959. The fraction of sp³-hybridized carbons (Fsp3) is 0.286. The summed E-state index contributed by atoms with van der Waals surface area (Å²) in [4.78, 5) is 1.79. The highest BCUT2D eigenvalue weighted by atomic mass is 15.4. The van der Waals surface area contributed by atoms with Crippen LogP contribution in [0, 0.1) is 25.2 Å². The average Bonchev–Trinajstić information content (AvgIpc) is 2.69. The highest BCUT2D eigenvalue weighted by Crippen LogP contribution is 2.27. The van der Waals surface area contributed by atoms with Crippen LogP contribution in [0.25, 0.3) is 5.69 Å². The number of nitriles is 1. The largest absolute Gasteiger partial charge is 0.382 e. The topological polar surface area (TPSA) is 70.9 Å². The van der Waals surface area contributed by atoms with E-state index in [1.54, 1.807) is 9.58 Å². The lowest BCUT2D eigenvalue weighted by Gasteiger charge is -2.09. The van der Waals surface area contributed by atoms with Crippen molar-refractivity contribution >= 4 is 11.6 Å². The molecule has 0 atom stereocenters. The lowest BCUT2D eigenvalue weighted by atomic mass is 10.1. The molecule has 0 saturated carbocycles. The van der Waals surface area contributed by atoms with Crippen LogP contribution in [0.2, 0.25) is 0 Å². The predicted molar refractivity (Wildman–Crippen MR) is 76.5 cm³/mol. The Bertz CT molecular complexity index is 661. The molecule has 0 bridgehead atoms. The zero-order chi connectivity index (χ0) is 14.2. The molecule has 0 unspecified atom stereocenters. The molecule has 1 aromatic heterocycles. The first kappa shape index (κ1) is 13.0. The van der Waals surface area contributed by atoms with E-state index in [1.165, 1.54) is 0 Å². The van der Waals surface area contributed by atoms with Gasteiger partial charge in [0.1, 0.15) is 17.5 Å². The third-order valence-electron chi connectivity index (χ3n) is 3.03. The summed E-state index contributed by atoms with van der Waals surface area (Å²) in [5, 5.41) is 13.7. The van der Waals surface area contributed by atoms with Crippen molar-refractivity contribution < 1.29 is 0 Å². The van der Waals surface area contributed by atoms with Gasteiger partial charge in [-0.2, -0.15) is 5.26 Å². The maximum atomic E-state index is 9.22. The Morgan fingerprint density at radius 1 is 1.32 bits per heavy atom. The van der Waals surface area contributed by atoms with Crippen molar-refractivity contribution in [3.8, 4) is 11.8 Å². The van der Waals surface area contributed by atoms with E-state index in [9.17, 15) is 5.26 Å². The minimum Gasteiger partial charge on any atom is -0.382 e. The molecule has 2 aromatic rings. The van der Waals surface area contributed by atoms with Gasteiger partial charge in [-0.25, -0.2) is 4.68 Å². The third-order valence-corrected chi connectivity index (χ3v) is 3.03. The van der Waals surface area contributed by atoms with Crippen LogP contribution >= 0.6 is 0 Å². The van der Waals surface area contributed by atoms with Crippen LogP contribution in [0.5, 0.6) is 0 Å². The first-order valence-electron chi connectivity index (χ1n) is 5.99. The van der Waals surface area contributed by atoms with E-state index in [0.717, 1.165) is 16.8 Å². The third kappa shape index (κ3) is 2.13. The summed E-state index contributed by atoms with van der Waals surface area (Å²) >= 11 is 0. The summed E-state index contributed by atoms with van der Waals surface area (Å²) in [6.45, 7) is 4.01. The Kier molecular flexibility index (Phi) is 3.17. The standard InChI is InChI=1S/C14H17N5/c1-9-5-6-10(2)12(7-9)19-13(16)11(8-15)14(17-19)18(3)4/h5-7H,16H2,1-4H3. The van der Waals surface area contributed by atoms with Crippen LogP contribution in [0.3, 0.4) is 0 Å². The number of nitrogens with two attached hydrogens (primary N) is 1. The maximum Gasteiger partial charge on any atom is 0.170 e. The van der Waals surface area contributed by atoms with Crippen LogP contribution in [0.15, 0.2) is 18.2 Å². The molecular formula is C14H17N5. The van der Waals surface area contributed by atoms with Gasteiger partial charge in [-0.15, -0.1) is 5.10 Å². The molecular weight excluding hydrogens is 238 g/mol. The van der Waals surface area contributed by atoms with Crippen LogP contribution in [-0.2, 0) is 0 Å². The Morgan fingerprint density at radius 3 is 2.53 bits per heavy atom. The van der Waals surface area contributed by atoms with Gasteiger partial charge in [-0.05, 0) is 31.0 Å². The molecule has 0 radical (unpaired) electrons. The van der Waals surface area contributed by atoms with Crippen molar-refractivity contribution in [2.75, 3.05) is 24.7 Å². The van der Waals surface area contributed by atoms with E-state index >= 15 is 0 Å². The second-order valence-electron chi connectivity index (χ2n) is 4.79. The molecule has 98 valence electrons. The number of aryl methyl sites for hydroxylation is 2. The van der Waals surface area contributed by atoms with Gasteiger partial charge >= 0.3 is 0 Å². The quantitative estimate of drug-likeness (QED) is 0.891. The Labute approximate surface area is 112 Å². The molecule has 1 heterocycles. The van der Waals surface area contributed by atoms with Crippen LogP contribution in [0.1, 0.15) is 16.7 Å². The second-order valence-corrected chi connectivity index (χ2v) is 4.79. The van der Waals surface area contributed by atoms with Crippen molar-refractivity contribution in [1.29, 1.82) is 5.26 Å². The van der Waals surface area contributed by atoms with Gasteiger partial charge in [-0.3, -0.25) is 0 Å². The first-order valence-corrected chi connectivity index (χ1v) is 5.99. The molecule has 0 amide bonds. The van der Waals surface area contributed by atoms with Crippen molar-refractivity contribution in [3.05, 3.63) is 34.9 Å². The minimum absolute atomic E-state index is 0.375. The number of hydrogen-bond donors (Lipinski definition) is 1. The molecule has 0 fully saturated rings. The first-order chi connectivity index (χ1) is 8.95. The zero-order valence-corrected chi connectivity index (χ0v) is 11.6. The van der Waals surface area contributed by atoms with Crippen molar-refractivity contribution in [1.82, 2.24) is 9.78 Å². The lowest BCUT2D eigenvalue weighted by Crippen LogP contribution is -2.11. The fourth-order valence-electron chi connectivity index (χ4n) is 1.97. The maximum absolute atomic E-state index is 9.22. The summed E-state index contributed by atoms with van der Waals surface area (Å²) in [6, 6.07) is 8.19. The van der Waals surface area contributed by atoms with Crippen LogP contribution in [-0.4, -0.2) is 23.9 Å².